The second kappa shape index (κ2) is 3.95. The van der Waals surface area contributed by atoms with Gasteiger partial charge >= 0.3 is 0 Å². The number of aromatic nitrogens is 2. The summed E-state index contributed by atoms with van der Waals surface area (Å²) >= 11 is 0. The average Bonchev–Trinajstić information content (AvgIpc) is 2.28. The highest BCUT2D eigenvalue weighted by molar-refractivity contribution is 5.65. The molecule has 0 saturated heterocycles. The molecule has 2 rings (SSSR count). The second-order valence-electron chi connectivity index (χ2n) is 3.08. The van der Waals surface area contributed by atoms with Gasteiger partial charge in [-0.1, -0.05) is 12.1 Å². The Morgan fingerprint density at radius 2 is 2.25 bits per heavy atom. The highest BCUT2D eigenvalue weighted by atomic mass is 19.1. The number of hydrogen-bond donors (Lipinski definition) is 1. The van der Waals surface area contributed by atoms with Crippen molar-refractivity contribution < 1.29 is 4.39 Å². The van der Waals surface area contributed by atoms with Crippen molar-refractivity contribution in [3.63, 3.8) is 0 Å². The van der Waals surface area contributed by atoms with Crippen molar-refractivity contribution in [3.05, 3.63) is 52.3 Å². The number of nitrogens with one attached hydrogen (secondary N) is 1. The van der Waals surface area contributed by atoms with Crippen molar-refractivity contribution in [2.75, 3.05) is 0 Å². The molecule has 5 heteroatoms. The molecule has 0 radical (unpaired) electrons. The molecular weight excluding hydrogens is 209 g/mol. The number of aromatic amines is 1. The Kier molecular flexibility index (Phi) is 2.48. The molecule has 0 spiro atoms. The molecule has 1 heterocycles. The predicted octanol–water partition coefficient (Wildman–Crippen LogP) is 1.45. The standard InChI is InChI=1S/C11H6FN3O/c12-8-3-1-2-7(4-8)10-9(5-13)11(16)15-6-14-10/h1-4,6H,(H,14,15,16). The number of hydrogen-bond acceptors (Lipinski definition) is 3. The van der Waals surface area contributed by atoms with Crippen molar-refractivity contribution >= 4 is 0 Å². The molecule has 2 aromatic rings. The Labute approximate surface area is 90.0 Å². The molecule has 0 aliphatic rings. The summed E-state index contributed by atoms with van der Waals surface area (Å²) in [5, 5.41) is 8.83. The topological polar surface area (TPSA) is 69.5 Å². The molecular formula is C11H6FN3O. The third-order valence-electron chi connectivity index (χ3n) is 2.06. The minimum Gasteiger partial charge on any atom is -0.312 e. The van der Waals surface area contributed by atoms with E-state index in [-0.39, 0.29) is 11.3 Å². The fraction of sp³-hybridized carbons (Fsp3) is 0. The van der Waals surface area contributed by atoms with Crippen LogP contribution in [0.15, 0.2) is 35.4 Å². The van der Waals surface area contributed by atoms with E-state index in [4.69, 9.17) is 5.26 Å². The molecule has 1 aromatic heterocycles. The fourth-order valence-corrected chi connectivity index (χ4v) is 1.36. The molecule has 1 N–H and O–H groups in total. The summed E-state index contributed by atoms with van der Waals surface area (Å²) in [7, 11) is 0. The van der Waals surface area contributed by atoms with Gasteiger partial charge in [0, 0.05) is 5.56 Å². The summed E-state index contributed by atoms with van der Waals surface area (Å²) < 4.78 is 13.0. The number of nitrogens with zero attached hydrogens (tertiary/aromatic N) is 2. The monoisotopic (exact) mass is 215 g/mol. The smallest absolute Gasteiger partial charge is 0.269 e. The zero-order valence-electron chi connectivity index (χ0n) is 8.07. The van der Waals surface area contributed by atoms with E-state index in [0.717, 1.165) is 0 Å². The van der Waals surface area contributed by atoms with Crippen LogP contribution < -0.4 is 5.56 Å². The molecule has 0 atom stereocenters. The minimum absolute atomic E-state index is 0.117. The van der Waals surface area contributed by atoms with Gasteiger partial charge < -0.3 is 4.98 Å². The van der Waals surface area contributed by atoms with Crippen LogP contribution >= 0.6 is 0 Å². The van der Waals surface area contributed by atoms with Gasteiger partial charge in [-0.2, -0.15) is 5.26 Å². The Bertz CT molecular complexity index is 628. The fourth-order valence-electron chi connectivity index (χ4n) is 1.36. The van der Waals surface area contributed by atoms with E-state index < -0.39 is 11.4 Å². The number of nitriles is 1. The van der Waals surface area contributed by atoms with Crippen LogP contribution in [0.1, 0.15) is 5.56 Å². The van der Waals surface area contributed by atoms with Crippen LogP contribution in [0, 0.1) is 17.1 Å². The van der Waals surface area contributed by atoms with Crippen LogP contribution in [-0.4, -0.2) is 9.97 Å². The molecule has 4 nitrogen and oxygen atoms in total. The third-order valence-corrected chi connectivity index (χ3v) is 2.06. The molecule has 0 unspecified atom stereocenters. The van der Waals surface area contributed by atoms with Crippen LogP contribution in [0.2, 0.25) is 0 Å². The normalized spacial score (nSPS) is 9.75. The van der Waals surface area contributed by atoms with E-state index in [1.807, 2.05) is 0 Å². The number of H-pyrrole nitrogens is 1. The first-order valence-electron chi connectivity index (χ1n) is 4.46. The number of benzene rings is 1. The lowest BCUT2D eigenvalue weighted by Crippen LogP contribution is -2.12. The first-order chi connectivity index (χ1) is 7.72. The zero-order valence-corrected chi connectivity index (χ0v) is 8.07. The molecule has 16 heavy (non-hydrogen) atoms. The minimum atomic E-state index is -0.531. The highest BCUT2D eigenvalue weighted by Gasteiger charge is 2.10. The number of halogens is 1. The first kappa shape index (κ1) is 10.1. The van der Waals surface area contributed by atoms with Crippen LogP contribution in [0.3, 0.4) is 0 Å². The summed E-state index contributed by atoms with van der Waals surface area (Å²) in [6.45, 7) is 0. The number of rotatable bonds is 1. The zero-order chi connectivity index (χ0) is 11.5. The SMILES string of the molecule is N#Cc1c(-c2cccc(F)c2)nc[nH]c1=O. The first-order valence-corrected chi connectivity index (χ1v) is 4.46. The van der Waals surface area contributed by atoms with Gasteiger partial charge in [-0.25, -0.2) is 9.37 Å². The van der Waals surface area contributed by atoms with Gasteiger partial charge in [-0.15, -0.1) is 0 Å². The van der Waals surface area contributed by atoms with Crippen molar-refractivity contribution in [1.82, 2.24) is 9.97 Å². The maximum atomic E-state index is 13.0. The van der Waals surface area contributed by atoms with Crippen molar-refractivity contribution in [2.45, 2.75) is 0 Å². The van der Waals surface area contributed by atoms with Gasteiger partial charge in [-0.3, -0.25) is 4.79 Å². The summed E-state index contributed by atoms with van der Waals surface area (Å²) in [6.07, 6.45) is 1.18. The largest absolute Gasteiger partial charge is 0.312 e. The Morgan fingerprint density at radius 3 is 2.94 bits per heavy atom. The second-order valence-corrected chi connectivity index (χ2v) is 3.08. The maximum absolute atomic E-state index is 13.0. The summed E-state index contributed by atoms with van der Waals surface area (Å²) in [5.74, 6) is -0.441. The van der Waals surface area contributed by atoms with E-state index in [1.165, 1.54) is 24.5 Å². The quantitative estimate of drug-likeness (QED) is 0.782. The summed E-state index contributed by atoms with van der Waals surface area (Å²) in [6, 6.07) is 7.34. The Balaban J connectivity index is 2.71. The van der Waals surface area contributed by atoms with Crippen LogP contribution in [0.5, 0.6) is 0 Å². The van der Waals surface area contributed by atoms with Gasteiger partial charge in [-0.05, 0) is 12.1 Å². The van der Waals surface area contributed by atoms with Crippen molar-refractivity contribution in [1.29, 1.82) is 5.26 Å². The van der Waals surface area contributed by atoms with Crippen LogP contribution in [0.25, 0.3) is 11.3 Å². The molecule has 0 fully saturated rings. The highest BCUT2D eigenvalue weighted by Crippen LogP contribution is 2.18. The molecule has 0 amide bonds. The Morgan fingerprint density at radius 1 is 1.44 bits per heavy atom. The summed E-state index contributed by atoms with van der Waals surface area (Å²) in [4.78, 5) is 17.5. The van der Waals surface area contributed by atoms with Gasteiger partial charge in [0.05, 0.1) is 12.0 Å². The van der Waals surface area contributed by atoms with Gasteiger partial charge in [0.1, 0.15) is 17.4 Å². The van der Waals surface area contributed by atoms with Gasteiger partial charge in [0.2, 0.25) is 0 Å². The van der Waals surface area contributed by atoms with E-state index in [0.29, 0.717) is 5.56 Å². The van der Waals surface area contributed by atoms with E-state index in [1.54, 1.807) is 12.1 Å². The van der Waals surface area contributed by atoms with Crippen molar-refractivity contribution in [2.24, 2.45) is 0 Å². The molecule has 0 aliphatic heterocycles. The van der Waals surface area contributed by atoms with Gasteiger partial charge in [0.15, 0.2) is 0 Å². The lowest BCUT2D eigenvalue weighted by molar-refractivity contribution is 0.628. The molecule has 0 aliphatic carbocycles. The molecule has 1 aromatic carbocycles. The summed E-state index contributed by atoms with van der Waals surface area (Å²) in [5.41, 5.74) is -0.0572. The van der Waals surface area contributed by atoms with Crippen LogP contribution in [0.4, 0.5) is 4.39 Å². The average molecular weight is 215 g/mol. The lowest BCUT2D eigenvalue weighted by atomic mass is 10.1. The molecule has 78 valence electrons. The van der Waals surface area contributed by atoms with E-state index in [2.05, 4.69) is 9.97 Å². The maximum Gasteiger partial charge on any atom is 0.269 e. The Hall–Kier alpha value is -2.48. The van der Waals surface area contributed by atoms with Crippen molar-refractivity contribution in [3.8, 4) is 17.3 Å². The van der Waals surface area contributed by atoms with E-state index >= 15 is 0 Å². The van der Waals surface area contributed by atoms with Crippen LogP contribution in [-0.2, 0) is 0 Å². The van der Waals surface area contributed by atoms with Gasteiger partial charge in [0.25, 0.3) is 5.56 Å². The van der Waals surface area contributed by atoms with E-state index in [9.17, 15) is 9.18 Å². The molecule has 0 saturated carbocycles. The third kappa shape index (κ3) is 1.68. The molecule has 0 bridgehead atoms. The predicted molar refractivity (Wildman–Crippen MR) is 55.0 cm³/mol. The lowest BCUT2D eigenvalue weighted by Gasteiger charge is -2.01.